The fraction of sp³-hybridized carbons (Fsp3) is 0.462. The second-order valence-corrected chi connectivity index (χ2v) is 3.73. The molecule has 4 heteroatoms. The molecule has 1 unspecified atom stereocenters. The molecule has 0 heterocycles. The standard InChI is InChI=1S/C13H16F2O2/c1-3-6-9(13(16)17-4-2)12-10(14)7-5-8-11(12)15/h5,7-9H,3-4,6H2,1-2H3. The van der Waals surface area contributed by atoms with Gasteiger partial charge in [-0.3, -0.25) is 4.79 Å². The van der Waals surface area contributed by atoms with E-state index in [4.69, 9.17) is 4.74 Å². The van der Waals surface area contributed by atoms with Crippen LogP contribution in [-0.2, 0) is 9.53 Å². The Kier molecular flexibility index (Phi) is 5.07. The quantitative estimate of drug-likeness (QED) is 0.739. The van der Waals surface area contributed by atoms with Gasteiger partial charge < -0.3 is 4.74 Å². The molecule has 0 aliphatic heterocycles. The maximum atomic E-state index is 13.6. The fourth-order valence-electron chi connectivity index (χ4n) is 1.76. The van der Waals surface area contributed by atoms with Crippen LogP contribution in [-0.4, -0.2) is 12.6 Å². The molecule has 0 N–H and O–H groups in total. The summed E-state index contributed by atoms with van der Waals surface area (Å²) < 4.78 is 32.0. The Bertz CT molecular complexity index is 371. The Morgan fingerprint density at radius 3 is 2.35 bits per heavy atom. The molecule has 0 amide bonds. The molecular formula is C13H16F2O2. The van der Waals surface area contributed by atoms with Gasteiger partial charge in [-0.25, -0.2) is 8.78 Å². The van der Waals surface area contributed by atoms with E-state index >= 15 is 0 Å². The summed E-state index contributed by atoms with van der Waals surface area (Å²) in [6.07, 6.45) is 1.02. The summed E-state index contributed by atoms with van der Waals surface area (Å²) in [5.41, 5.74) is -0.187. The SMILES string of the molecule is CCCC(C(=O)OCC)c1c(F)cccc1F. The zero-order valence-electron chi connectivity index (χ0n) is 10.0. The molecule has 1 rings (SSSR count). The molecule has 0 aliphatic carbocycles. The molecule has 17 heavy (non-hydrogen) atoms. The predicted molar refractivity (Wildman–Crippen MR) is 60.6 cm³/mol. The Balaban J connectivity index is 3.09. The lowest BCUT2D eigenvalue weighted by molar-refractivity contribution is -0.145. The minimum atomic E-state index is -0.860. The van der Waals surface area contributed by atoms with Crippen LogP contribution in [0.2, 0.25) is 0 Å². The highest BCUT2D eigenvalue weighted by molar-refractivity contribution is 5.78. The first-order valence-electron chi connectivity index (χ1n) is 5.72. The topological polar surface area (TPSA) is 26.3 Å². The number of carbonyl (C=O) groups excluding carboxylic acids is 1. The highest BCUT2D eigenvalue weighted by Gasteiger charge is 2.27. The van der Waals surface area contributed by atoms with Crippen LogP contribution in [0, 0.1) is 11.6 Å². The molecule has 94 valence electrons. The van der Waals surface area contributed by atoms with E-state index in [1.165, 1.54) is 6.07 Å². The van der Waals surface area contributed by atoms with Crippen LogP contribution in [0.5, 0.6) is 0 Å². The van der Waals surface area contributed by atoms with Crippen LogP contribution < -0.4 is 0 Å². The van der Waals surface area contributed by atoms with Crippen molar-refractivity contribution in [2.24, 2.45) is 0 Å². The summed E-state index contributed by atoms with van der Waals surface area (Å²) in [6, 6.07) is 3.59. The number of halogens is 2. The summed E-state index contributed by atoms with van der Waals surface area (Å²) >= 11 is 0. The van der Waals surface area contributed by atoms with Gasteiger partial charge in [0.15, 0.2) is 0 Å². The van der Waals surface area contributed by atoms with Crippen LogP contribution in [0.25, 0.3) is 0 Å². The zero-order chi connectivity index (χ0) is 12.8. The molecule has 1 aromatic carbocycles. The number of hydrogen-bond acceptors (Lipinski definition) is 2. The van der Waals surface area contributed by atoms with E-state index in [2.05, 4.69) is 0 Å². The zero-order valence-corrected chi connectivity index (χ0v) is 10.0. The van der Waals surface area contributed by atoms with Crippen LogP contribution >= 0.6 is 0 Å². The molecule has 2 nitrogen and oxygen atoms in total. The van der Waals surface area contributed by atoms with E-state index in [0.29, 0.717) is 12.8 Å². The molecule has 0 spiro atoms. The highest BCUT2D eigenvalue weighted by atomic mass is 19.1. The summed E-state index contributed by atoms with van der Waals surface area (Å²) in [6.45, 7) is 3.72. The smallest absolute Gasteiger partial charge is 0.313 e. The van der Waals surface area contributed by atoms with Gasteiger partial charge in [0, 0.05) is 5.56 Å². The highest BCUT2D eigenvalue weighted by Crippen LogP contribution is 2.27. The van der Waals surface area contributed by atoms with Gasteiger partial charge in [-0.15, -0.1) is 0 Å². The monoisotopic (exact) mass is 242 g/mol. The van der Waals surface area contributed by atoms with Crippen molar-refractivity contribution in [2.75, 3.05) is 6.61 Å². The van der Waals surface area contributed by atoms with E-state index < -0.39 is 23.5 Å². The lowest BCUT2D eigenvalue weighted by Crippen LogP contribution is -2.18. The van der Waals surface area contributed by atoms with Crippen LogP contribution in [0.4, 0.5) is 8.78 Å². The van der Waals surface area contributed by atoms with Crippen molar-refractivity contribution in [3.8, 4) is 0 Å². The van der Waals surface area contributed by atoms with Crippen molar-refractivity contribution < 1.29 is 18.3 Å². The number of carbonyl (C=O) groups is 1. The Hall–Kier alpha value is -1.45. The van der Waals surface area contributed by atoms with Crippen molar-refractivity contribution in [2.45, 2.75) is 32.6 Å². The second-order valence-electron chi connectivity index (χ2n) is 3.73. The first kappa shape index (κ1) is 13.6. The van der Waals surface area contributed by atoms with Gasteiger partial charge in [-0.2, -0.15) is 0 Å². The van der Waals surface area contributed by atoms with Gasteiger partial charge in [0.2, 0.25) is 0 Å². The van der Waals surface area contributed by atoms with Crippen LogP contribution in [0.3, 0.4) is 0 Å². The number of benzene rings is 1. The lowest BCUT2D eigenvalue weighted by Gasteiger charge is -2.16. The van der Waals surface area contributed by atoms with E-state index in [1.807, 2.05) is 6.92 Å². The van der Waals surface area contributed by atoms with Crippen molar-refractivity contribution in [1.82, 2.24) is 0 Å². The largest absolute Gasteiger partial charge is 0.466 e. The number of hydrogen-bond donors (Lipinski definition) is 0. The van der Waals surface area contributed by atoms with E-state index in [9.17, 15) is 13.6 Å². The average molecular weight is 242 g/mol. The fourth-order valence-corrected chi connectivity index (χ4v) is 1.76. The molecule has 1 aromatic rings. The van der Waals surface area contributed by atoms with Crippen molar-refractivity contribution in [1.29, 1.82) is 0 Å². The van der Waals surface area contributed by atoms with E-state index in [1.54, 1.807) is 6.92 Å². The molecule has 0 fully saturated rings. The number of ether oxygens (including phenoxy) is 1. The molecule has 0 bridgehead atoms. The third-order valence-electron chi connectivity index (χ3n) is 2.50. The minimum Gasteiger partial charge on any atom is -0.466 e. The third-order valence-corrected chi connectivity index (χ3v) is 2.50. The normalized spacial score (nSPS) is 12.2. The Labute approximate surface area is 99.6 Å². The lowest BCUT2D eigenvalue weighted by atomic mass is 9.93. The average Bonchev–Trinajstić information content (AvgIpc) is 2.28. The van der Waals surface area contributed by atoms with Gasteiger partial charge >= 0.3 is 5.97 Å². The summed E-state index contributed by atoms with van der Waals surface area (Å²) in [4.78, 5) is 11.7. The van der Waals surface area contributed by atoms with Gasteiger partial charge in [0.1, 0.15) is 11.6 Å². The number of rotatable bonds is 5. The molecule has 0 radical (unpaired) electrons. The predicted octanol–water partition coefficient (Wildman–Crippen LogP) is 3.41. The molecule has 0 saturated heterocycles. The number of esters is 1. The van der Waals surface area contributed by atoms with Gasteiger partial charge in [0.25, 0.3) is 0 Å². The first-order valence-corrected chi connectivity index (χ1v) is 5.72. The molecule has 0 saturated carbocycles. The maximum absolute atomic E-state index is 13.6. The summed E-state index contributed by atoms with van der Waals surface area (Å²) in [5, 5.41) is 0. The summed E-state index contributed by atoms with van der Waals surface area (Å²) in [7, 11) is 0. The Morgan fingerprint density at radius 2 is 1.88 bits per heavy atom. The Morgan fingerprint density at radius 1 is 1.29 bits per heavy atom. The van der Waals surface area contributed by atoms with Crippen molar-refractivity contribution in [3.63, 3.8) is 0 Å². The summed E-state index contributed by atoms with van der Waals surface area (Å²) in [5.74, 6) is -2.83. The molecule has 1 atom stereocenters. The second kappa shape index (κ2) is 6.33. The maximum Gasteiger partial charge on any atom is 0.313 e. The third kappa shape index (κ3) is 3.25. The van der Waals surface area contributed by atoms with Crippen molar-refractivity contribution >= 4 is 5.97 Å². The molecule has 0 aliphatic rings. The molecule has 0 aromatic heterocycles. The van der Waals surface area contributed by atoms with Crippen molar-refractivity contribution in [3.05, 3.63) is 35.4 Å². The first-order chi connectivity index (χ1) is 8.11. The van der Waals surface area contributed by atoms with Gasteiger partial charge in [0.05, 0.1) is 12.5 Å². The van der Waals surface area contributed by atoms with Crippen LogP contribution in [0.15, 0.2) is 18.2 Å². The molecular weight excluding hydrogens is 226 g/mol. The minimum absolute atomic E-state index is 0.187. The van der Waals surface area contributed by atoms with E-state index in [0.717, 1.165) is 12.1 Å². The van der Waals surface area contributed by atoms with Gasteiger partial charge in [-0.05, 0) is 25.5 Å². The van der Waals surface area contributed by atoms with Gasteiger partial charge in [-0.1, -0.05) is 19.4 Å². The van der Waals surface area contributed by atoms with E-state index in [-0.39, 0.29) is 12.2 Å². The van der Waals surface area contributed by atoms with Crippen LogP contribution in [0.1, 0.15) is 38.2 Å².